The standard InChI is InChI=1S/C10H21NO4/c1-3-4-5-11-6-8(13)10(15)9(14)7(2)12/h6-10,12-15H,3-5H2,1-2H3/t7-,8+,9+,10-/m0/s1. The zero-order valence-corrected chi connectivity index (χ0v) is 9.24. The Morgan fingerprint density at radius 2 is 1.73 bits per heavy atom. The Morgan fingerprint density at radius 1 is 1.13 bits per heavy atom. The van der Waals surface area contributed by atoms with E-state index >= 15 is 0 Å². The molecular weight excluding hydrogens is 198 g/mol. The van der Waals surface area contributed by atoms with Gasteiger partial charge in [-0.05, 0) is 13.3 Å². The predicted molar refractivity (Wildman–Crippen MR) is 58.0 cm³/mol. The molecule has 0 heterocycles. The third-order valence-electron chi connectivity index (χ3n) is 2.09. The van der Waals surface area contributed by atoms with Gasteiger partial charge in [0.25, 0.3) is 0 Å². The summed E-state index contributed by atoms with van der Waals surface area (Å²) in [6.45, 7) is 3.96. The SMILES string of the molecule is CCCCN=C[C@@H](O)[C@H](O)[C@H](O)[C@H](C)O. The van der Waals surface area contributed by atoms with E-state index in [9.17, 15) is 15.3 Å². The predicted octanol–water partition coefficient (Wildman–Crippen LogP) is -0.679. The van der Waals surface area contributed by atoms with Gasteiger partial charge in [0, 0.05) is 12.8 Å². The van der Waals surface area contributed by atoms with Crippen LogP contribution in [0.1, 0.15) is 26.7 Å². The van der Waals surface area contributed by atoms with Crippen LogP contribution in [0.2, 0.25) is 0 Å². The Kier molecular flexibility index (Phi) is 7.50. The van der Waals surface area contributed by atoms with Crippen LogP contribution in [0.15, 0.2) is 4.99 Å². The number of aliphatic hydroxyl groups excluding tert-OH is 4. The highest BCUT2D eigenvalue weighted by Gasteiger charge is 2.26. The van der Waals surface area contributed by atoms with Gasteiger partial charge in [0.05, 0.1) is 6.10 Å². The van der Waals surface area contributed by atoms with Gasteiger partial charge < -0.3 is 20.4 Å². The van der Waals surface area contributed by atoms with Crippen LogP contribution in [0.25, 0.3) is 0 Å². The summed E-state index contributed by atoms with van der Waals surface area (Å²) in [6, 6.07) is 0. The van der Waals surface area contributed by atoms with Crippen molar-refractivity contribution in [2.75, 3.05) is 6.54 Å². The van der Waals surface area contributed by atoms with E-state index < -0.39 is 24.4 Å². The summed E-state index contributed by atoms with van der Waals surface area (Å²) in [4.78, 5) is 3.90. The largest absolute Gasteiger partial charge is 0.391 e. The minimum Gasteiger partial charge on any atom is -0.391 e. The van der Waals surface area contributed by atoms with Crippen molar-refractivity contribution in [3.05, 3.63) is 0 Å². The maximum Gasteiger partial charge on any atom is 0.117 e. The molecule has 0 radical (unpaired) electrons. The fraction of sp³-hybridized carbons (Fsp3) is 0.900. The highest BCUT2D eigenvalue weighted by molar-refractivity contribution is 5.63. The van der Waals surface area contributed by atoms with Gasteiger partial charge in [-0.25, -0.2) is 0 Å². The van der Waals surface area contributed by atoms with E-state index in [1.165, 1.54) is 13.1 Å². The van der Waals surface area contributed by atoms with Crippen molar-refractivity contribution in [3.8, 4) is 0 Å². The van der Waals surface area contributed by atoms with E-state index in [1.807, 2.05) is 6.92 Å². The molecule has 0 rings (SSSR count). The third kappa shape index (κ3) is 5.84. The number of aliphatic hydroxyl groups is 4. The molecule has 0 amide bonds. The van der Waals surface area contributed by atoms with Crippen LogP contribution in [0.3, 0.4) is 0 Å². The lowest BCUT2D eigenvalue weighted by Crippen LogP contribution is -2.44. The Bertz CT molecular complexity index is 184. The summed E-state index contributed by atoms with van der Waals surface area (Å²) in [5.41, 5.74) is 0. The Labute approximate surface area is 90.1 Å². The van der Waals surface area contributed by atoms with Crippen LogP contribution in [0, 0.1) is 0 Å². The molecule has 0 aliphatic rings. The third-order valence-corrected chi connectivity index (χ3v) is 2.09. The van der Waals surface area contributed by atoms with E-state index in [1.54, 1.807) is 0 Å². The fourth-order valence-electron chi connectivity index (χ4n) is 1.01. The van der Waals surface area contributed by atoms with Gasteiger partial charge in [-0.15, -0.1) is 0 Å². The lowest BCUT2D eigenvalue weighted by atomic mass is 10.1. The highest BCUT2D eigenvalue weighted by Crippen LogP contribution is 2.03. The Balaban J connectivity index is 3.97. The van der Waals surface area contributed by atoms with Crippen molar-refractivity contribution in [1.29, 1.82) is 0 Å². The van der Waals surface area contributed by atoms with E-state index in [4.69, 9.17) is 5.11 Å². The normalized spacial score (nSPS) is 20.1. The smallest absolute Gasteiger partial charge is 0.117 e. The number of unbranched alkanes of at least 4 members (excludes halogenated alkanes) is 1. The summed E-state index contributed by atoms with van der Waals surface area (Å²) in [7, 11) is 0. The minimum absolute atomic E-state index is 0.588. The zero-order valence-electron chi connectivity index (χ0n) is 9.24. The van der Waals surface area contributed by atoms with Crippen LogP contribution in [-0.2, 0) is 0 Å². The van der Waals surface area contributed by atoms with Crippen LogP contribution < -0.4 is 0 Å². The summed E-state index contributed by atoms with van der Waals surface area (Å²) in [5, 5.41) is 37.0. The Hall–Kier alpha value is -0.490. The van der Waals surface area contributed by atoms with Gasteiger partial charge in [0.2, 0.25) is 0 Å². The molecule has 0 spiro atoms. The maximum absolute atomic E-state index is 9.37. The van der Waals surface area contributed by atoms with E-state index in [0.717, 1.165) is 12.8 Å². The molecule has 5 heteroatoms. The lowest BCUT2D eigenvalue weighted by Gasteiger charge is -2.22. The molecule has 0 saturated heterocycles. The molecule has 0 aromatic carbocycles. The van der Waals surface area contributed by atoms with Gasteiger partial charge in [0.15, 0.2) is 0 Å². The molecule has 5 nitrogen and oxygen atoms in total. The lowest BCUT2D eigenvalue weighted by molar-refractivity contribution is -0.0821. The van der Waals surface area contributed by atoms with Gasteiger partial charge in [-0.1, -0.05) is 13.3 Å². The molecule has 0 aliphatic carbocycles. The number of aliphatic imine (C=N–C) groups is 1. The van der Waals surface area contributed by atoms with Crippen molar-refractivity contribution in [2.45, 2.75) is 51.1 Å². The summed E-state index contributed by atoms with van der Waals surface area (Å²) in [5.74, 6) is 0. The molecule has 90 valence electrons. The molecule has 15 heavy (non-hydrogen) atoms. The summed E-state index contributed by atoms with van der Waals surface area (Å²) < 4.78 is 0. The van der Waals surface area contributed by atoms with Crippen LogP contribution in [0.5, 0.6) is 0 Å². The van der Waals surface area contributed by atoms with E-state index in [-0.39, 0.29) is 0 Å². The minimum atomic E-state index is -1.41. The van der Waals surface area contributed by atoms with Crippen LogP contribution in [0.4, 0.5) is 0 Å². The van der Waals surface area contributed by atoms with Gasteiger partial charge in [-0.2, -0.15) is 0 Å². The monoisotopic (exact) mass is 219 g/mol. The first-order valence-electron chi connectivity index (χ1n) is 5.23. The zero-order chi connectivity index (χ0) is 11.8. The second-order valence-corrected chi connectivity index (χ2v) is 3.62. The van der Waals surface area contributed by atoms with E-state index in [2.05, 4.69) is 4.99 Å². The first-order chi connectivity index (χ1) is 7.00. The van der Waals surface area contributed by atoms with Gasteiger partial charge in [0.1, 0.15) is 18.3 Å². The molecule has 0 saturated carbocycles. The summed E-state index contributed by atoms with van der Waals surface area (Å²) >= 11 is 0. The second-order valence-electron chi connectivity index (χ2n) is 3.62. The first kappa shape index (κ1) is 14.5. The average Bonchev–Trinajstić information content (AvgIpc) is 2.21. The van der Waals surface area contributed by atoms with Crippen molar-refractivity contribution in [1.82, 2.24) is 0 Å². The van der Waals surface area contributed by atoms with Crippen molar-refractivity contribution < 1.29 is 20.4 Å². The Morgan fingerprint density at radius 3 is 2.20 bits per heavy atom. The van der Waals surface area contributed by atoms with E-state index in [0.29, 0.717) is 6.54 Å². The highest BCUT2D eigenvalue weighted by atomic mass is 16.4. The molecule has 4 N–H and O–H groups in total. The van der Waals surface area contributed by atoms with Crippen molar-refractivity contribution >= 4 is 6.21 Å². The van der Waals surface area contributed by atoms with Crippen LogP contribution >= 0.6 is 0 Å². The molecule has 0 bridgehead atoms. The molecule has 0 aromatic heterocycles. The molecule has 0 aliphatic heterocycles. The fourth-order valence-corrected chi connectivity index (χ4v) is 1.01. The quantitative estimate of drug-likeness (QED) is 0.337. The maximum atomic E-state index is 9.37. The molecule has 0 aromatic rings. The number of nitrogens with zero attached hydrogens (tertiary/aromatic N) is 1. The van der Waals surface area contributed by atoms with Gasteiger partial charge >= 0.3 is 0 Å². The average molecular weight is 219 g/mol. The number of hydrogen-bond acceptors (Lipinski definition) is 5. The first-order valence-corrected chi connectivity index (χ1v) is 5.23. The molecule has 4 atom stereocenters. The summed E-state index contributed by atoms with van der Waals surface area (Å²) in [6.07, 6.45) is -1.98. The van der Waals surface area contributed by atoms with Crippen LogP contribution in [-0.4, -0.2) is 57.6 Å². The molecule has 0 fully saturated rings. The topological polar surface area (TPSA) is 93.3 Å². The number of rotatable bonds is 7. The van der Waals surface area contributed by atoms with Crippen molar-refractivity contribution in [3.63, 3.8) is 0 Å². The van der Waals surface area contributed by atoms with Crippen molar-refractivity contribution in [2.24, 2.45) is 4.99 Å². The second kappa shape index (κ2) is 7.76. The molecular formula is C10H21NO4. The van der Waals surface area contributed by atoms with Gasteiger partial charge in [-0.3, -0.25) is 4.99 Å². The molecule has 0 unspecified atom stereocenters. The number of hydrogen-bond donors (Lipinski definition) is 4.